The normalized spacial score (nSPS) is 12.0. The first-order chi connectivity index (χ1) is 14.1. The van der Waals surface area contributed by atoms with Crippen LogP contribution in [0.4, 0.5) is 26.3 Å². The molecule has 0 spiro atoms. The van der Waals surface area contributed by atoms with Crippen LogP contribution in [0.15, 0.2) is 44.8 Å². The fourth-order valence-corrected chi connectivity index (χ4v) is 3.80. The SMILES string of the molecule is Cc1cccc(S(=O)(=O)Cc2c(C(F)(F)F)[nH][nH]c2=O)c1.Cl.O=c1cc(C(F)(F)F)[nH][nH]1. The van der Waals surface area contributed by atoms with E-state index in [1.165, 1.54) is 18.2 Å². The lowest BCUT2D eigenvalue weighted by atomic mass is 10.2. The van der Waals surface area contributed by atoms with Crippen molar-refractivity contribution in [2.24, 2.45) is 0 Å². The molecule has 32 heavy (non-hydrogen) atoms. The number of hydrogen-bond acceptors (Lipinski definition) is 4. The lowest BCUT2D eigenvalue weighted by Crippen LogP contribution is -2.17. The lowest BCUT2D eigenvalue weighted by Gasteiger charge is -2.08. The summed E-state index contributed by atoms with van der Waals surface area (Å²) in [6.45, 7) is 1.66. The van der Waals surface area contributed by atoms with Gasteiger partial charge in [0, 0.05) is 6.07 Å². The van der Waals surface area contributed by atoms with E-state index >= 15 is 0 Å². The highest BCUT2D eigenvalue weighted by Crippen LogP contribution is 2.30. The van der Waals surface area contributed by atoms with Gasteiger partial charge in [-0.3, -0.25) is 30.0 Å². The Kier molecular flexibility index (Phi) is 8.20. The van der Waals surface area contributed by atoms with Crippen molar-refractivity contribution in [3.05, 3.63) is 73.6 Å². The van der Waals surface area contributed by atoms with E-state index in [0.29, 0.717) is 11.6 Å². The molecule has 0 radical (unpaired) electrons. The van der Waals surface area contributed by atoms with Crippen molar-refractivity contribution in [2.75, 3.05) is 0 Å². The van der Waals surface area contributed by atoms with E-state index in [1.54, 1.807) is 33.4 Å². The van der Waals surface area contributed by atoms with Crippen LogP contribution in [0.1, 0.15) is 22.5 Å². The summed E-state index contributed by atoms with van der Waals surface area (Å²) in [5.41, 5.74) is -4.51. The number of halogens is 7. The van der Waals surface area contributed by atoms with Crippen LogP contribution in [0.2, 0.25) is 0 Å². The Balaban J connectivity index is 0.000000393. The third-order valence-electron chi connectivity index (χ3n) is 3.74. The van der Waals surface area contributed by atoms with Crippen LogP contribution in [-0.2, 0) is 27.9 Å². The predicted molar refractivity (Wildman–Crippen MR) is 102 cm³/mol. The summed E-state index contributed by atoms with van der Waals surface area (Å²) in [7, 11) is -4.05. The van der Waals surface area contributed by atoms with Gasteiger partial charge in [0.05, 0.1) is 16.2 Å². The summed E-state index contributed by atoms with van der Waals surface area (Å²) < 4.78 is 97.3. The standard InChI is InChI=1S/C12H11F3N2O3S.C4H3F3N2O.ClH/c1-7-3-2-4-8(5-7)21(19,20)6-9-10(12(13,14)15)16-17-11(9)18;5-4(6,7)2-1-3(10)9-8-2;/h2-5H,6H2,1H3,(H2,16,17,18);1H,(H2,8,9,10);1H. The van der Waals surface area contributed by atoms with Gasteiger partial charge in [-0.15, -0.1) is 12.4 Å². The minimum absolute atomic E-state index is 0. The number of aryl methyl sites for hydroxylation is 1. The zero-order valence-corrected chi connectivity index (χ0v) is 17.4. The first kappa shape index (κ1) is 27.1. The van der Waals surface area contributed by atoms with Crippen LogP contribution in [0.25, 0.3) is 0 Å². The number of H-pyrrole nitrogens is 4. The van der Waals surface area contributed by atoms with E-state index in [1.807, 2.05) is 0 Å². The number of hydrogen-bond donors (Lipinski definition) is 4. The first-order valence-corrected chi connectivity index (χ1v) is 9.77. The molecule has 0 aliphatic carbocycles. The van der Waals surface area contributed by atoms with Crippen LogP contribution >= 0.6 is 12.4 Å². The number of nitrogens with one attached hydrogen (secondary N) is 4. The number of sulfone groups is 1. The summed E-state index contributed by atoms with van der Waals surface area (Å²) in [6.07, 6.45) is -9.31. The van der Waals surface area contributed by atoms with Crippen molar-refractivity contribution < 1.29 is 34.8 Å². The van der Waals surface area contributed by atoms with Gasteiger partial charge in [-0.25, -0.2) is 8.42 Å². The number of benzene rings is 1. The van der Waals surface area contributed by atoms with Crippen molar-refractivity contribution in [3.8, 4) is 0 Å². The Morgan fingerprint density at radius 2 is 1.50 bits per heavy atom. The van der Waals surface area contributed by atoms with Crippen LogP contribution in [0, 0.1) is 6.92 Å². The van der Waals surface area contributed by atoms with Crippen molar-refractivity contribution in [1.29, 1.82) is 0 Å². The fraction of sp³-hybridized carbons (Fsp3) is 0.250. The molecule has 1 aromatic carbocycles. The molecule has 0 saturated carbocycles. The molecule has 2 heterocycles. The molecule has 3 aromatic rings. The van der Waals surface area contributed by atoms with E-state index in [9.17, 15) is 44.3 Å². The zero-order chi connectivity index (χ0) is 23.6. The second-order valence-corrected chi connectivity index (χ2v) is 8.17. The smallest absolute Gasteiger partial charge is 0.294 e. The van der Waals surface area contributed by atoms with Gasteiger partial charge in [-0.05, 0) is 24.6 Å². The summed E-state index contributed by atoms with van der Waals surface area (Å²) in [5, 5.41) is 6.89. The molecule has 3 rings (SSSR count). The van der Waals surface area contributed by atoms with Crippen molar-refractivity contribution in [3.63, 3.8) is 0 Å². The van der Waals surface area contributed by atoms with Crippen molar-refractivity contribution in [1.82, 2.24) is 20.4 Å². The fourth-order valence-electron chi connectivity index (χ4n) is 2.33. The van der Waals surface area contributed by atoms with Gasteiger partial charge in [0.15, 0.2) is 9.84 Å². The van der Waals surface area contributed by atoms with Crippen molar-refractivity contribution >= 4 is 22.2 Å². The third kappa shape index (κ3) is 6.78. The molecule has 0 aliphatic rings. The molecule has 16 heteroatoms. The Bertz CT molecular complexity index is 1270. The van der Waals surface area contributed by atoms with Crippen LogP contribution in [0.3, 0.4) is 0 Å². The van der Waals surface area contributed by atoms with E-state index < -0.39 is 56.0 Å². The minimum atomic E-state index is -4.84. The molecule has 0 bridgehead atoms. The first-order valence-electron chi connectivity index (χ1n) is 8.12. The Hall–Kier alpha value is -2.94. The quantitative estimate of drug-likeness (QED) is 0.405. The van der Waals surface area contributed by atoms with Crippen molar-refractivity contribution in [2.45, 2.75) is 29.9 Å². The molecule has 8 nitrogen and oxygen atoms in total. The molecular weight excluding hydrogens is 494 g/mol. The summed E-state index contributed by atoms with van der Waals surface area (Å²) >= 11 is 0. The highest BCUT2D eigenvalue weighted by Gasteiger charge is 2.38. The molecule has 0 atom stereocenters. The zero-order valence-electron chi connectivity index (χ0n) is 15.8. The topological polar surface area (TPSA) is 131 Å². The average molecular weight is 509 g/mol. The van der Waals surface area contributed by atoms with Crippen LogP contribution in [-0.4, -0.2) is 28.8 Å². The molecule has 0 amide bonds. The van der Waals surface area contributed by atoms with Gasteiger partial charge in [-0.2, -0.15) is 26.3 Å². The summed E-state index contributed by atoms with van der Waals surface area (Å²) in [4.78, 5) is 21.4. The number of aromatic nitrogens is 4. The van der Waals surface area contributed by atoms with E-state index in [0.717, 1.165) is 0 Å². The maximum atomic E-state index is 12.7. The number of alkyl halides is 6. The van der Waals surface area contributed by atoms with Gasteiger partial charge >= 0.3 is 12.4 Å². The number of aromatic amines is 4. The average Bonchev–Trinajstić information content (AvgIpc) is 3.21. The molecule has 4 N–H and O–H groups in total. The van der Waals surface area contributed by atoms with Gasteiger partial charge in [0.2, 0.25) is 0 Å². The monoisotopic (exact) mass is 508 g/mol. The highest BCUT2D eigenvalue weighted by molar-refractivity contribution is 7.90. The second-order valence-electron chi connectivity index (χ2n) is 6.18. The lowest BCUT2D eigenvalue weighted by molar-refractivity contribution is -0.142. The van der Waals surface area contributed by atoms with Gasteiger partial charge in [0.25, 0.3) is 11.1 Å². The van der Waals surface area contributed by atoms with E-state index in [2.05, 4.69) is 0 Å². The Labute approximate surface area is 181 Å². The summed E-state index contributed by atoms with van der Waals surface area (Å²) in [6, 6.07) is 6.21. The van der Waals surface area contributed by atoms with Crippen LogP contribution < -0.4 is 11.1 Å². The maximum absolute atomic E-state index is 12.7. The van der Waals surface area contributed by atoms with Gasteiger partial charge in [0.1, 0.15) is 11.4 Å². The number of rotatable bonds is 3. The molecule has 2 aromatic heterocycles. The van der Waals surface area contributed by atoms with E-state index in [-0.39, 0.29) is 17.3 Å². The highest BCUT2D eigenvalue weighted by atomic mass is 35.5. The van der Waals surface area contributed by atoms with Gasteiger partial charge < -0.3 is 0 Å². The van der Waals surface area contributed by atoms with Crippen LogP contribution in [0.5, 0.6) is 0 Å². The second kappa shape index (κ2) is 9.68. The Morgan fingerprint density at radius 3 is 1.94 bits per heavy atom. The van der Waals surface area contributed by atoms with E-state index in [4.69, 9.17) is 0 Å². The molecular formula is C16H15ClF6N4O4S. The largest absolute Gasteiger partial charge is 0.433 e. The Morgan fingerprint density at radius 1 is 0.875 bits per heavy atom. The molecule has 0 aliphatic heterocycles. The van der Waals surface area contributed by atoms with Gasteiger partial charge in [-0.1, -0.05) is 12.1 Å². The molecule has 0 fully saturated rings. The maximum Gasteiger partial charge on any atom is 0.433 e. The molecule has 0 unspecified atom stereocenters. The minimum Gasteiger partial charge on any atom is -0.294 e. The predicted octanol–water partition coefficient (Wildman–Crippen LogP) is 3.15. The third-order valence-corrected chi connectivity index (χ3v) is 5.39. The molecule has 0 saturated heterocycles. The molecule has 178 valence electrons. The summed E-state index contributed by atoms with van der Waals surface area (Å²) in [5.74, 6) is -1.02.